The van der Waals surface area contributed by atoms with E-state index < -0.39 is 18.0 Å². The molecule has 2 saturated heterocycles. The predicted molar refractivity (Wildman–Crippen MR) is 171 cm³/mol. The van der Waals surface area contributed by atoms with Crippen LogP contribution in [0.25, 0.3) is 5.69 Å². The van der Waals surface area contributed by atoms with Crippen LogP contribution >= 0.6 is 0 Å². The monoisotopic (exact) mass is 651 g/mol. The van der Waals surface area contributed by atoms with Gasteiger partial charge >= 0.3 is 6.09 Å². The topological polar surface area (TPSA) is 155 Å². The summed E-state index contributed by atoms with van der Waals surface area (Å²) in [6.45, 7) is 5.49. The molecule has 0 spiro atoms. The fraction of sp³-hybridized carbons (Fsp3) is 0.576. The van der Waals surface area contributed by atoms with Crippen LogP contribution in [0.15, 0.2) is 36.4 Å². The molecule has 1 aromatic carbocycles. The van der Waals surface area contributed by atoms with Crippen molar-refractivity contribution in [3.8, 4) is 11.6 Å². The Labute approximate surface area is 274 Å². The van der Waals surface area contributed by atoms with E-state index >= 15 is 0 Å². The normalized spacial score (nSPS) is 18.7. The van der Waals surface area contributed by atoms with Crippen LogP contribution in [0.1, 0.15) is 69.3 Å². The minimum atomic E-state index is -0.850. The molecular formula is C33H45N7O7. The average molecular weight is 652 g/mol. The number of ether oxygens (including phenoxy) is 2. The molecule has 5 amide bonds. The van der Waals surface area contributed by atoms with Gasteiger partial charge in [-0.15, -0.1) is 0 Å². The van der Waals surface area contributed by atoms with Gasteiger partial charge < -0.3 is 34.8 Å². The Morgan fingerprint density at radius 1 is 0.957 bits per heavy atom. The number of aromatic nitrogens is 2. The first kappa shape index (κ1) is 33.7. The van der Waals surface area contributed by atoms with Gasteiger partial charge in [0, 0.05) is 44.8 Å². The van der Waals surface area contributed by atoms with Gasteiger partial charge in [0.2, 0.25) is 17.7 Å². The number of likely N-dealkylation sites (tertiary alicyclic amines) is 1. The number of hydrogen-bond donors (Lipinski definition) is 2. The lowest BCUT2D eigenvalue weighted by atomic mass is 9.93. The Bertz CT molecular complexity index is 1420. The number of unbranched alkanes of at least 4 members (excludes halogenated alkanes) is 1. The van der Waals surface area contributed by atoms with Crippen molar-refractivity contribution >= 4 is 29.7 Å². The molecule has 47 heavy (non-hydrogen) atoms. The third kappa shape index (κ3) is 8.40. The first-order valence-electron chi connectivity index (χ1n) is 16.6. The lowest BCUT2D eigenvalue weighted by molar-refractivity contribution is -0.140. The van der Waals surface area contributed by atoms with Crippen LogP contribution in [-0.4, -0.2) is 118 Å². The van der Waals surface area contributed by atoms with Crippen LogP contribution in [0.4, 0.5) is 4.79 Å². The van der Waals surface area contributed by atoms with Crippen molar-refractivity contribution in [2.45, 2.75) is 76.9 Å². The minimum absolute atomic E-state index is 0.00882. The van der Waals surface area contributed by atoms with E-state index in [0.29, 0.717) is 51.4 Å². The van der Waals surface area contributed by atoms with Gasteiger partial charge in [-0.1, -0.05) is 31.5 Å². The molecule has 5 rings (SSSR count). The number of carbonyl (C=O) groups is 5. The third-order valence-corrected chi connectivity index (χ3v) is 8.87. The van der Waals surface area contributed by atoms with Crippen molar-refractivity contribution in [3.63, 3.8) is 0 Å². The van der Waals surface area contributed by atoms with Gasteiger partial charge in [-0.25, -0.2) is 9.48 Å². The number of piperazine rings is 1. The fourth-order valence-electron chi connectivity index (χ4n) is 5.85. The molecule has 2 N–H and O–H groups in total. The summed E-state index contributed by atoms with van der Waals surface area (Å²) < 4.78 is 12.6. The molecule has 3 heterocycles. The number of carbonyl (C=O) groups excluding carboxylic acids is 5. The second-order valence-electron chi connectivity index (χ2n) is 12.3. The smallest absolute Gasteiger partial charge is 0.409 e. The SMILES string of the molecule is CCCCOC(=O)N1CCN(C(=O)[C@@H](C)NC(=O)c2cc(OCC(=O)N3CCC[C@H]3C(=O)NC3CCC3)n(-c3ccccc3)n2)CC1. The zero-order valence-electron chi connectivity index (χ0n) is 27.2. The van der Waals surface area contributed by atoms with Crippen LogP contribution in [0.3, 0.4) is 0 Å². The van der Waals surface area contributed by atoms with Gasteiger partial charge in [0.05, 0.1) is 12.3 Å². The summed E-state index contributed by atoms with van der Waals surface area (Å²) in [7, 11) is 0. The van der Waals surface area contributed by atoms with Crippen molar-refractivity contribution in [3.05, 3.63) is 42.1 Å². The molecular weight excluding hydrogens is 606 g/mol. The quantitative estimate of drug-likeness (QED) is 0.331. The highest BCUT2D eigenvalue weighted by Gasteiger charge is 2.36. The standard InChI is InChI=1S/C33H45N7O7/c1-3-4-20-46-33(45)38-18-16-37(17-19-38)32(44)23(2)34-30(42)26-21-29(40(36-26)25-12-6-5-7-13-25)47-22-28(41)39-15-9-14-27(39)31(43)35-24-10-8-11-24/h5-7,12-13,21,23-24,27H,3-4,8-11,14-20,22H2,1-2H3,(H,34,42)(H,35,43)/t23-,27+/m1/s1. The number of hydrogen-bond acceptors (Lipinski definition) is 8. The maximum atomic E-state index is 13.3. The molecule has 1 aromatic heterocycles. The van der Waals surface area contributed by atoms with Crippen molar-refractivity contribution in [2.24, 2.45) is 0 Å². The summed E-state index contributed by atoms with van der Waals surface area (Å²) in [5.41, 5.74) is 0.623. The number of para-hydroxylation sites is 1. The van der Waals surface area contributed by atoms with E-state index in [0.717, 1.165) is 38.5 Å². The van der Waals surface area contributed by atoms with E-state index in [1.807, 2.05) is 25.1 Å². The van der Waals surface area contributed by atoms with E-state index in [-0.39, 0.29) is 48.0 Å². The van der Waals surface area contributed by atoms with Gasteiger partial charge in [0.1, 0.15) is 12.1 Å². The fourth-order valence-corrected chi connectivity index (χ4v) is 5.85. The summed E-state index contributed by atoms with van der Waals surface area (Å²) in [6.07, 6.45) is 5.73. The van der Waals surface area contributed by atoms with Crippen molar-refractivity contribution in [1.82, 2.24) is 35.1 Å². The molecule has 2 aromatic rings. The van der Waals surface area contributed by atoms with Gasteiger partial charge in [-0.3, -0.25) is 19.2 Å². The van der Waals surface area contributed by atoms with E-state index in [2.05, 4.69) is 15.7 Å². The first-order chi connectivity index (χ1) is 22.7. The average Bonchev–Trinajstić information content (AvgIpc) is 3.74. The second kappa shape index (κ2) is 15.8. The molecule has 14 nitrogen and oxygen atoms in total. The molecule has 0 radical (unpaired) electrons. The van der Waals surface area contributed by atoms with Crippen LogP contribution in [0, 0.1) is 0 Å². The Balaban J connectivity index is 1.18. The van der Waals surface area contributed by atoms with E-state index in [4.69, 9.17) is 9.47 Å². The number of benzene rings is 1. The van der Waals surface area contributed by atoms with Crippen LogP contribution in [0.2, 0.25) is 0 Å². The number of rotatable bonds is 12. The molecule has 3 fully saturated rings. The highest BCUT2D eigenvalue weighted by molar-refractivity contribution is 5.96. The van der Waals surface area contributed by atoms with Crippen molar-refractivity contribution in [2.75, 3.05) is 45.9 Å². The molecule has 14 heteroatoms. The maximum absolute atomic E-state index is 13.3. The summed E-state index contributed by atoms with van der Waals surface area (Å²) in [4.78, 5) is 69.5. The molecule has 2 atom stereocenters. The molecule has 1 saturated carbocycles. The second-order valence-corrected chi connectivity index (χ2v) is 12.3. The summed E-state index contributed by atoms with van der Waals surface area (Å²) in [6, 6.07) is 9.29. The molecule has 0 unspecified atom stereocenters. The Morgan fingerprint density at radius 2 is 1.68 bits per heavy atom. The number of nitrogens with one attached hydrogen (secondary N) is 2. The molecule has 1 aliphatic carbocycles. The van der Waals surface area contributed by atoms with E-state index in [1.54, 1.807) is 33.8 Å². The molecule has 2 aliphatic heterocycles. The Hall–Kier alpha value is -4.62. The molecule has 254 valence electrons. The summed E-state index contributed by atoms with van der Waals surface area (Å²) in [5.74, 6) is -1.13. The lowest BCUT2D eigenvalue weighted by Gasteiger charge is -2.35. The Morgan fingerprint density at radius 3 is 2.36 bits per heavy atom. The molecule has 3 aliphatic rings. The third-order valence-electron chi connectivity index (χ3n) is 8.87. The van der Waals surface area contributed by atoms with Crippen molar-refractivity contribution in [1.29, 1.82) is 0 Å². The van der Waals surface area contributed by atoms with E-state index in [9.17, 15) is 24.0 Å². The maximum Gasteiger partial charge on any atom is 0.409 e. The highest BCUT2D eigenvalue weighted by atomic mass is 16.6. The van der Waals surface area contributed by atoms with Gasteiger partial charge in [0.15, 0.2) is 12.3 Å². The zero-order chi connectivity index (χ0) is 33.3. The molecule has 0 bridgehead atoms. The van der Waals surface area contributed by atoms with Crippen molar-refractivity contribution < 1.29 is 33.4 Å². The largest absolute Gasteiger partial charge is 0.467 e. The number of nitrogens with zero attached hydrogens (tertiary/aromatic N) is 5. The van der Waals surface area contributed by atoms with Crippen LogP contribution < -0.4 is 15.4 Å². The van der Waals surface area contributed by atoms with Crippen LogP contribution in [-0.2, 0) is 19.1 Å². The summed E-state index contributed by atoms with van der Waals surface area (Å²) in [5, 5.41) is 10.2. The van der Waals surface area contributed by atoms with Gasteiger partial charge in [-0.05, 0) is 57.6 Å². The van der Waals surface area contributed by atoms with Crippen LogP contribution in [0.5, 0.6) is 5.88 Å². The zero-order valence-corrected chi connectivity index (χ0v) is 27.2. The highest BCUT2D eigenvalue weighted by Crippen LogP contribution is 2.23. The van der Waals surface area contributed by atoms with Gasteiger partial charge in [-0.2, -0.15) is 5.10 Å². The van der Waals surface area contributed by atoms with E-state index in [1.165, 1.54) is 10.7 Å². The van der Waals surface area contributed by atoms with Gasteiger partial charge in [0.25, 0.3) is 11.8 Å². The number of amides is 5. The first-order valence-corrected chi connectivity index (χ1v) is 16.6. The Kier molecular flexibility index (Phi) is 11.3. The predicted octanol–water partition coefficient (Wildman–Crippen LogP) is 2.11. The summed E-state index contributed by atoms with van der Waals surface area (Å²) >= 11 is 0. The lowest BCUT2D eigenvalue weighted by Crippen LogP contribution is -2.55. The minimum Gasteiger partial charge on any atom is -0.467 e.